The zero-order chi connectivity index (χ0) is 36.9. The highest BCUT2D eigenvalue weighted by molar-refractivity contribution is 7.92. The van der Waals surface area contributed by atoms with Gasteiger partial charge in [0.25, 0.3) is 5.91 Å². The molecular formula is C33H45ClN10O5S2. The van der Waals surface area contributed by atoms with Crippen molar-refractivity contribution in [1.29, 1.82) is 0 Å². The van der Waals surface area contributed by atoms with Crippen molar-refractivity contribution in [3.05, 3.63) is 51.3 Å². The number of sulfonamides is 1. The van der Waals surface area contributed by atoms with Crippen LogP contribution in [-0.2, 0) is 16.6 Å². The molecule has 51 heavy (non-hydrogen) atoms. The number of rotatable bonds is 10. The first-order chi connectivity index (χ1) is 24.2. The molecule has 2 saturated heterocycles. The largest absolute Gasteiger partial charge is 0.477 e. The normalized spacial score (nSPS) is 16.3. The van der Waals surface area contributed by atoms with E-state index in [1.807, 2.05) is 0 Å². The van der Waals surface area contributed by atoms with Gasteiger partial charge in [0.1, 0.15) is 9.88 Å². The Morgan fingerprint density at radius 2 is 1.61 bits per heavy atom. The van der Waals surface area contributed by atoms with E-state index in [0.717, 1.165) is 62.9 Å². The van der Waals surface area contributed by atoms with Crippen molar-refractivity contribution < 1.29 is 23.1 Å². The third-order valence-corrected chi connectivity index (χ3v) is 10.7. The number of carbonyl (C=O) groups excluding carboxylic acids is 1. The summed E-state index contributed by atoms with van der Waals surface area (Å²) in [6, 6.07) is 6.13. The summed E-state index contributed by atoms with van der Waals surface area (Å²) in [4.78, 5) is 41.0. The fourth-order valence-corrected chi connectivity index (χ4v) is 7.64. The van der Waals surface area contributed by atoms with Crippen LogP contribution in [0.2, 0.25) is 5.15 Å². The standard InChI is InChI=1S/C26H29ClN8O5S2.C7H16N2/c1-14(2)35-6-4-34(5-7-35)13-21-31-22(23(41-21)26(37)38)25(36)30-18-8-15(9-19-17(18)12-29-32-19)16-10-20(24(27)28-11-16)33-42(3,39)40;1-7(2)9-5-3-8-4-6-9/h8-12,14,33H,4-7,13H2,1-3H3,(H,29,32)(H,30,36)(H,37,38);7-8H,3-6H2,1-2H3. The number of aromatic amines is 1. The number of piperazine rings is 2. The zero-order valence-corrected chi connectivity index (χ0v) is 31.8. The number of fused-ring (bicyclic) bond motifs is 1. The fraction of sp³-hybridized carbons (Fsp3) is 0.485. The van der Waals surface area contributed by atoms with E-state index in [2.05, 4.69) is 77.9 Å². The molecule has 2 fully saturated rings. The first kappa shape index (κ1) is 38.5. The molecule has 0 atom stereocenters. The molecule has 0 saturated carbocycles. The summed E-state index contributed by atoms with van der Waals surface area (Å²) in [5.74, 6) is -1.90. The molecule has 2 aliphatic rings. The molecule has 1 aromatic carbocycles. The third kappa shape index (κ3) is 10.2. The van der Waals surface area contributed by atoms with Crippen LogP contribution in [0, 0.1) is 0 Å². The van der Waals surface area contributed by atoms with Gasteiger partial charge in [0.15, 0.2) is 10.8 Å². The van der Waals surface area contributed by atoms with Crippen LogP contribution in [0.3, 0.4) is 0 Å². The number of aromatic carboxylic acids is 1. The number of nitrogens with zero attached hydrogens (tertiary/aromatic N) is 6. The number of H-pyrrole nitrogens is 1. The van der Waals surface area contributed by atoms with Crippen LogP contribution in [0.5, 0.6) is 0 Å². The highest BCUT2D eigenvalue weighted by Gasteiger charge is 2.26. The maximum absolute atomic E-state index is 13.4. The lowest BCUT2D eigenvalue weighted by Gasteiger charge is -2.36. The minimum Gasteiger partial charge on any atom is -0.477 e. The van der Waals surface area contributed by atoms with E-state index in [9.17, 15) is 23.1 Å². The maximum Gasteiger partial charge on any atom is 0.348 e. The summed E-state index contributed by atoms with van der Waals surface area (Å²) in [5, 5.41) is 24.0. The Morgan fingerprint density at radius 3 is 2.22 bits per heavy atom. The van der Waals surface area contributed by atoms with Crippen molar-refractivity contribution in [3.8, 4) is 11.1 Å². The lowest BCUT2D eigenvalue weighted by Crippen LogP contribution is -2.48. The van der Waals surface area contributed by atoms with Gasteiger partial charge in [-0.1, -0.05) is 11.6 Å². The Bertz CT molecular complexity index is 1950. The number of benzene rings is 1. The van der Waals surface area contributed by atoms with Gasteiger partial charge in [-0.05, 0) is 51.5 Å². The molecule has 0 bridgehead atoms. The lowest BCUT2D eigenvalue weighted by molar-refractivity contribution is 0.0697. The molecule has 6 rings (SSSR count). The van der Waals surface area contributed by atoms with E-state index in [0.29, 0.717) is 45.3 Å². The van der Waals surface area contributed by atoms with E-state index in [4.69, 9.17) is 11.6 Å². The van der Waals surface area contributed by atoms with Gasteiger partial charge < -0.3 is 15.7 Å². The van der Waals surface area contributed by atoms with E-state index in [1.54, 1.807) is 12.1 Å². The molecule has 2 aliphatic heterocycles. The van der Waals surface area contributed by atoms with Crippen molar-refractivity contribution in [1.82, 2.24) is 40.2 Å². The Labute approximate surface area is 306 Å². The summed E-state index contributed by atoms with van der Waals surface area (Å²) in [5.41, 5.74) is 1.94. The van der Waals surface area contributed by atoms with Gasteiger partial charge in [-0.2, -0.15) is 5.10 Å². The van der Waals surface area contributed by atoms with Gasteiger partial charge in [-0.15, -0.1) is 11.3 Å². The zero-order valence-electron chi connectivity index (χ0n) is 29.4. The SMILES string of the molecule is CC(C)N1CCN(Cc2nc(C(=O)Nc3cc(-c4cnc(Cl)c(NS(C)(=O)=O)c4)cc4[nH]ncc34)c(C(=O)O)s2)CC1.CC(C)N1CCNCC1. The van der Waals surface area contributed by atoms with Crippen LogP contribution < -0.4 is 15.4 Å². The van der Waals surface area contributed by atoms with E-state index in [1.165, 1.54) is 31.5 Å². The number of carboxylic acid groups (broad SMARTS) is 1. The molecule has 1 amide bonds. The first-order valence-corrected chi connectivity index (χ1v) is 19.8. The fourth-order valence-electron chi connectivity index (χ4n) is 5.94. The predicted octanol–water partition coefficient (Wildman–Crippen LogP) is 3.88. The molecule has 5 N–H and O–H groups in total. The second kappa shape index (κ2) is 16.8. The molecule has 4 aromatic rings. The molecule has 18 heteroatoms. The van der Waals surface area contributed by atoms with Gasteiger partial charge in [0, 0.05) is 81.6 Å². The monoisotopic (exact) mass is 760 g/mol. The van der Waals surface area contributed by atoms with Gasteiger partial charge in [-0.25, -0.2) is 23.2 Å². The van der Waals surface area contributed by atoms with Gasteiger partial charge in [-0.3, -0.25) is 29.3 Å². The van der Waals surface area contributed by atoms with Gasteiger partial charge in [0.05, 0.1) is 35.9 Å². The average molecular weight is 761 g/mol. The topological polar surface area (TPSA) is 189 Å². The number of pyridine rings is 1. The van der Waals surface area contributed by atoms with Crippen LogP contribution in [0.1, 0.15) is 52.9 Å². The second-order valence-electron chi connectivity index (χ2n) is 13.1. The number of nitrogens with one attached hydrogen (secondary N) is 4. The molecule has 0 unspecified atom stereocenters. The number of carboxylic acids is 1. The van der Waals surface area contributed by atoms with Crippen LogP contribution in [0.15, 0.2) is 30.6 Å². The minimum atomic E-state index is -3.61. The molecular weight excluding hydrogens is 716 g/mol. The maximum atomic E-state index is 13.4. The molecule has 3 aromatic heterocycles. The molecule has 0 radical (unpaired) electrons. The summed E-state index contributed by atoms with van der Waals surface area (Å²) in [6.07, 6.45) is 4.00. The molecule has 5 heterocycles. The summed E-state index contributed by atoms with van der Waals surface area (Å²) < 4.78 is 25.9. The number of halogens is 1. The number of amides is 1. The Morgan fingerprint density at radius 1 is 0.961 bits per heavy atom. The Hall–Kier alpha value is -3.71. The van der Waals surface area contributed by atoms with E-state index in [-0.39, 0.29) is 21.4 Å². The molecule has 276 valence electrons. The molecule has 15 nitrogen and oxygen atoms in total. The van der Waals surface area contributed by atoms with Crippen LogP contribution >= 0.6 is 22.9 Å². The van der Waals surface area contributed by atoms with Crippen molar-refractivity contribution in [2.24, 2.45) is 0 Å². The minimum absolute atomic E-state index is 0.0253. The van der Waals surface area contributed by atoms with E-state index < -0.39 is 21.9 Å². The van der Waals surface area contributed by atoms with Crippen molar-refractivity contribution >= 4 is 67.1 Å². The van der Waals surface area contributed by atoms with Crippen LogP contribution in [0.4, 0.5) is 11.4 Å². The van der Waals surface area contributed by atoms with Crippen LogP contribution in [0.25, 0.3) is 22.0 Å². The van der Waals surface area contributed by atoms with E-state index >= 15 is 0 Å². The van der Waals surface area contributed by atoms with Crippen molar-refractivity contribution in [3.63, 3.8) is 0 Å². The quantitative estimate of drug-likeness (QED) is 0.147. The Kier molecular flexibility index (Phi) is 12.7. The number of hydrogen-bond acceptors (Lipinski definition) is 12. The highest BCUT2D eigenvalue weighted by Crippen LogP contribution is 2.33. The second-order valence-corrected chi connectivity index (χ2v) is 16.3. The van der Waals surface area contributed by atoms with Gasteiger partial charge >= 0.3 is 5.97 Å². The molecule has 0 aliphatic carbocycles. The first-order valence-electron chi connectivity index (χ1n) is 16.7. The number of anilines is 2. The Balaban J connectivity index is 0.000000488. The van der Waals surface area contributed by atoms with Crippen LogP contribution in [-0.4, -0.2) is 131 Å². The van der Waals surface area contributed by atoms with Gasteiger partial charge in [0.2, 0.25) is 10.0 Å². The van der Waals surface area contributed by atoms with Crippen molar-refractivity contribution in [2.75, 3.05) is 68.7 Å². The average Bonchev–Trinajstić information content (AvgIpc) is 3.74. The smallest absolute Gasteiger partial charge is 0.348 e. The number of thiazole rings is 1. The summed E-state index contributed by atoms with van der Waals surface area (Å²) >= 11 is 7.09. The predicted molar refractivity (Wildman–Crippen MR) is 201 cm³/mol. The summed E-state index contributed by atoms with van der Waals surface area (Å²) in [7, 11) is -3.61. The lowest BCUT2D eigenvalue weighted by atomic mass is 10.0. The highest BCUT2D eigenvalue weighted by atomic mass is 35.5. The van der Waals surface area contributed by atoms with Crippen molar-refractivity contribution in [2.45, 2.75) is 46.3 Å². The third-order valence-electron chi connectivity index (χ3n) is 8.73. The number of hydrogen-bond donors (Lipinski definition) is 5. The summed E-state index contributed by atoms with van der Waals surface area (Å²) in [6.45, 7) is 17.5. The molecule has 0 spiro atoms. The number of carbonyl (C=O) groups is 2. The number of aromatic nitrogens is 4.